The van der Waals surface area contributed by atoms with Gasteiger partial charge in [0.2, 0.25) is 0 Å². The lowest BCUT2D eigenvalue weighted by Gasteiger charge is -2.20. The van der Waals surface area contributed by atoms with E-state index in [2.05, 4.69) is 35.8 Å². The van der Waals surface area contributed by atoms with Crippen LogP contribution in [-0.4, -0.2) is 65.7 Å². The van der Waals surface area contributed by atoms with E-state index in [0.29, 0.717) is 12.8 Å². The molecule has 0 aliphatic heterocycles. The number of hydrogen-bond acceptors (Lipinski definition) is 9. The monoisotopic (exact) mass is 606 g/mol. The Morgan fingerprint density at radius 3 is 1.93 bits per heavy atom. The van der Waals surface area contributed by atoms with Crippen molar-refractivity contribution < 1.29 is 47.8 Å². The highest BCUT2D eigenvalue weighted by atomic mass is 31.2. The minimum Gasteiger partial charge on any atom is -0.462 e. The van der Waals surface area contributed by atoms with Gasteiger partial charge >= 0.3 is 19.8 Å². The standard InChI is InChI=1S/C30H55O10P/c1-3-5-6-7-8-9-10-11-12-13-14-15-16-17-18-19-20-22-30(34)40-28(25-37-29(33)21-4-2)26-39-41(35,36)38-24-27(32)23-31/h8-9,11-12,27-28,31-32H,3-7,10,13-26H2,1-2H3,(H,35,36)/b9-8-,12-11-. The first-order valence-electron chi connectivity index (χ1n) is 15.3. The molecule has 0 aliphatic carbocycles. The average Bonchev–Trinajstić information content (AvgIpc) is 2.95. The van der Waals surface area contributed by atoms with Crippen molar-refractivity contribution in [3.63, 3.8) is 0 Å². The number of rotatable bonds is 28. The lowest BCUT2D eigenvalue weighted by molar-refractivity contribution is -0.161. The Labute approximate surface area is 247 Å². The molecule has 0 saturated heterocycles. The second-order valence-electron chi connectivity index (χ2n) is 10.1. The average molecular weight is 607 g/mol. The summed E-state index contributed by atoms with van der Waals surface area (Å²) in [5.41, 5.74) is 0. The summed E-state index contributed by atoms with van der Waals surface area (Å²) < 4.78 is 31.8. The second kappa shape index (κ2) is 27.3. The molecule has 0 amide bonds. The lowest BCUT2D eigenvalue weighted by atomic mass is 10.1. The third-order valence-corrected chi connectivity index (χ3v) is 7.03. The highest BCUT2D eigenvalue weighted by Gasteiger charge is 2.27. The molecule has 11 heteroatoms. The van der Waals surface area contributed by atoms with Crippen LogP contribution in [0.1, 0.15) is 117 Å². The topological polar surface area (TPSA) is 149 Å². The highest BCUT2D eigenvalue weighted by Crippen LogP contribution is 2.43. The summed E-state index contributed by atoms with van der Waals surface area (Å²) in [5, 5.41) is 18.0. The normalized spacial score (nSPS) is 14.8. The van der Waals surface area contributed by atoms with Gasteiger partial charge in [-0.15, -0.1) is 0 Å². The van der Waals surface area contributed by atoms with Gasteiger partial charge in [-0.05, 0) is 44.9 Å². The molecule has 41 heavy (non-hydrogen) atoms. The Balaban J connectivity index is 4.13. The fourth-order valence-electron chi connectivity index (χ4n) is 3.71. The van der Waals surface area contributed by atoms with Gasteiger partial charge in [0.1, 0.15) is 12.7 Å². The Kier molecular flexibility index (Phi) is 26.3. The number of carbonyl (C=O) groups is 2. The van der Waals surface area contributed by atoms with Crippen molar-refractivity contribution in [3.8, 4) is 0 Å². The van der Waals surface area contributed by atoms with Gasteiger partial charge < -0.3 is 24.6 Å². The van der Waals surface area contributed by atoms with Gasteiger partial charge in [0, 0.05) is 12.8 Å². The Bertz CT molecular complexity index is 756. The first-order chi connectivity index (χ1) is 19.7. The maximum atomic E-state index is 12.3. The fourth-order valence-corrected chi connectivity index (χ4v) is 4.49. The van der Waals surface area contributed by atoms with E-state index in [9.17, 15) is 24.2 Å². The summed E-state index contributed by atoms with van der Waals surface area (Å²) in [4.78, 5) is 33.7. The van der Waals surface area contributed by atoms with Crippen LogP contribution >= 0.6 is 7.82 Å². The molecular weight excluding hydrogens is 551 g/mol. The summed E-state index contributed by atoms with van der Waals surface area (Å²) in [6.07, 6.45) is 21.9. The summed E-state index contributed by atoms with van der Waals surface area (Å²) in [6.45, 7) is 1.90. The van der Waals surface area contributed by atoms with Crippen molar-refractivity contribution in [2.24, 2.45) is 0 Å². The quantitative estimate of drug-likeness (QED) is 0.0400. The molecule has 0 aromatic carbocycles. The molecule has 0 saturated carbocycles. The van der Waals surface area contributed by atoms with Crippen LogP contribution in [0.15, 0.2) is 24.3 Å². The van der Waals surface area contributed by atoms with Crippen LogP contribution < -0.4 is 0 Å². The number of hydrogen-bond donors (Lipinski definition) is 3. The molecule has 0 rings (SSSR count). The first kappa shape index (κ1) is 39.5. The Morgan fingerprint density at radius 1 is 0.732 bits per heavy atom. The number of unbranched alkanes of at least 4 members (excludes halogenated alkanes) is 10. The molecule has 3 atom stereocenters. The molecule has 240 valence electrons. The van der Waals surface area contributed by atoms with E-state index >= 15 is 0 Å². The SMILES string of the molecule is CCCCC/C=C\C/C=C\CCCCCCCCCC(=O)OC(COC(=O)CCC)COP(=O)(O)OCC(O)CO. The van der Waals surface area contributed by atoms with Gasteiger partial charge in [-0.25, -0.2) is 4.57 Å². The van der Waals surface area contributed by atoms with E-state index < -0.39 is 51.8 Å². The van der Waals surface area contributed by atoms with E-state index in [1.165, 1.54) is 38.5 Å². The zero-order valence-corrected chi connectivity index (χ0v) is 26.1. The Morgan fingerprint density at radius 2 is 1.32 bits per heavy atom. The van der Waals surface area contributed by atoms with Crippen LogP contribution in [0.3, 0.4) is 0 Å². The molecule has 0 aromatic rings. The molecule has 3 unspecified atom stereocenters. The second-order valence-corrected chi connectivity index (χ2v) is 11.6. The molecule has 0 spiro atoms. The van der Waals surface area contributed by atoms with Crippen LogP contribution in [-0.2, 0) is 32.7 Å². The third-order valence-electron chi connectivity index (χ3n) is 6.08. The molecule has 0 aliphatic rings. The van der Waals surface area contributed by atoms with E-state index in [0.717, 1.165) is 38.5 Å². The molecule has 10 nitrogen and oxygen atoms in total. The number of phosphoric ester groups is 1. The fraction of sp³-hybridized carbons (Fsp3) is 0.800. The molecule has 0 aromatic heterocycles. The van der Waals surface area contributed by atoms with Gasteiger partial charge in [-0.2, -0.15) is 0 Å². The molecular formula is C30H55O10P. The Hall–Kier alpha value is -1.55. The number of carbonyl (C=O) groups excluding carboxylic acids is 2. The van der Waals surface area contributed by atoms with Crippen LogP contribution in [0.4, 0.5) is 0 Å². The van der Waals surface area contributed by atoms with Crippen molar-refractivity contribution in [1.82, 2.24) is 0 Å². The minimum atomic E-state index is -4.58. The van der Waals surface area contributed by atoms with Crippen molar-refractivity contribution in [3.05, 3.63) is 24.3 Å². The van der Waals surface area contributed by atoms with E-state index in [1.807, 2.05) is 6.92 Å². The molecule has 0 fully saturated rings. The van der Waals surface area contributed by atoms with Crippen LogP contribution in [0.25, 0.3) is 0 Å². The maximum Gasteiger partial charge on any atom is 0.472 e. The summed E-state index contributed by atoms with van der Waals surface area (Å²) in [7, 11) is -4.58. The smallest absolute Gasteiger partial charge is 0.462 e. The van der Waals surface area contributed by atoms with E-state index in [4.69, 9.17) is 19.1 Å². The lowest BCUT2D eigenvalue weighted by Crippen LogP contribution is -2.29. The van der Waals surface area contributed by atoms with E-state index in [1.54, 1.807) is 0 Å². The van der Waals surface area contributed by atoms with Crippen LogP contribution in [0, 0.1) is 0 Å². The number of aliphatic hydroxyl groups excluding tert-OH is 2. The molecule has 0 radical (unpaired) electrons. The van der Waals surface area contributed by atoms with Crippen molar-refractivity contribution >= 4 is 19.8 Å². The van der Waals surface area contributed by atoms with Crippen LogP contribution in [0.5, 0.6) is 0 Å². The summed E-state index contributed by atoms with van der Waals surface area (Å²) in [6, 6.07) is 0. The van der Waals surface area contributed by atoms with Gasteiger partial charge in [0.15, 0.2) is 6.10 Å². The van der Waals surface area contributed by atoms with Crippen molar-refractivity contribution in [2.45, 2.75) is 129 Å². The van der Waals surface area contributed by atoms with Crippen molar-refractivity contribution in [2.75, 3.05) is 26.4 Å². The van der Waals surface area contributed by atoms with Gasteiger partial charge in [0.05, 0.1) is 19.8 Å². The zero-order valence-electron chi connectivity index (χ0n) is 25.3. The number of phosphoric acid groups is 1. The van der Waals surface area contributed by atoms with Crippen LogP contribution in [0.2, 0.25) is 0 Å². The predicted octanol–water partition coefficient (Wildman–Crippen LogP) is 6.32. The predicted molar refractivity (Wildman–Crippen MR) is 159 cm³/mol. The zero-order chi connectivity index (χ0) is 30.6. The minimum absolute atomic E-state index is 0.174. The summed E-state index contributed by atoms with van der Waals surface area (Å²) >= 11 is 0. The highest BCUT2D eigenvalue weighted by molar-refractivity contribution is 7.47. The molecule has 0 heterocycles. The number of allylic oxidation sites excluding steroid dienone is 4. The van der Waals surface area contributed by atoms with Gasteiger partial charge in [-0.1, -0.05) is 83.1 Å². The number of ether oxygens (including phenoxy) is 2. The van der Waals surface area contributed by atoms with Gasteiger partial charge in [-0.3, -0.25) is 18.6 Å². The van der Waals surface area contributed by atoms with Crippen molar-refractivity contribution in [1.29, 1.82) is 0 Å². The number of esters is 2. The number of aliphatic hydroxyl groups is 2. The van der Waals surface area contributed by atoms with E-state index in [-0.39, 0.29) is 19.4 Å². The first-order valence-corrected chi connectivity index (χ1v) is 16.8. The molecule has 3 N–H and O–H groups in total. The summed E-state index contributed by atoms with van der Waals surface area (Å²) in [5.74, 6) is -0.999. The molecule has 0 bridgehead atoms. The largest absolute Gasteiger partial charge is 0.472 e. The maximum absolute atomic E-state index is 12.3. The van der Waals surface area contributed by atoms with Gasteiger partial charge in [0.25, 0.3) is 0 Å². The third kappa shape index (κ3) is 27.1.